The number of nitriles is 1. The maximum atomic E-state index is 9.26. The Morgan fingerprint density at radius 3 is 3.00 bits per heavy atom. The first kappa shape index (κ1) is 13.8. The van der Waals surface area contributed by atoms with Gasteiger partial charge >= 0.3 is 0 Å². The first-order valence-electron chi connectivity index (χ1n) is 7.07. The molecule has 1 aliphatic heterocycles. The Hall–Kier alpha value is -0.630. The first-order chi connectivity index (χ1) is 8.59. The quantitative estimate of drug-likeness (QED) is 0.823. The molecule has 1 saturated heterocycles. The van der Waals surface area contributed by atoms with Crippen molar-refractivity contribution < 1.29 is 4.74 Å². The van der Waals surface area contributed by atoms with Crippen molar-refractivity contribution in [2.24, 2.45) is 0 Å². The second kappa shape index (κ2) is 5.56. The molecule has 2 aliphatic rings. The summed E-state index contributed by atoms with van der Waals surface area (Å²) in [5.41, 5.74) is -0.425. The molecule has 4 heteroatoms. The lowest BCUT2D eigenvalue weighted by atomic mass is 9.93. The summed E-state index contributed by atoms with van der Waals surface area (Å²) in [6, 6.07) is 3.39. The van der Waals surface area contributed by atoms with Crippen LogP contribution in [-0.2, 0) is 4.74 Å². The Balaban J connectivity index is 2.00. The Morgan fingerprint density at radius 2 is 2.33 bits per heavy atom. The van der Waals surface area contributed by atoms with E-state index >= 15 is 0 Å². The van der Waals surface area contributed by atoms with Crippen LogP contribution in [0.1, 0.15) is 39.5 Å². The summed E-state index contributed by atoms with van der Waals surface area (Å²) >= 11 is 0. The van der Waals surface area contributed by atoms with Gasteiger partial charge in [0.15, 0.2) is 0 Å². The topological polar surface area (TPSA) is 48.3 Å². The van der Waals surface area contributed by atoms with E-state index in [0.29, 0.717) is 18.2 Å². The average molecular weight is 251 g/mol. The minimum absolute atomic E-state index is 0.425. The fourth-order valence-corrected chi connectivity index (χ4v) is 3.41. The molecule has 2 rings (SSSR count). The van der Waals surface area contributed by atoms with Crippen LogP contribution in [0, 0.1) is 11.3 Å². The molecule has 1 aliphatic carbocycles. The molecule has 2 fully saturated rings. The molecule has 1 heterocycles. The smallest absolute Gasteiger partial charge is 0.105 e. The lowest BCUT2D eigenvalue weighted by Crippen LogP contribution is -2.55. The number of nitrogens with one attached hydrogen (secondary N) is 1. The van der Waals surface area contributed by atoms with E-state index < -0.39 is 5.54 Å². The van der Waals surface area contributed by atoms with Gasteiger partial charge in [-0.15, -0.1) is 0 Å². The van der Waals surface area contributed by atoms with E-state index in [4.69, 9.17) is 4.74 Å². The number of nitrogens with zero attached hydrogens (tertiary/aromatic N) is 2. The fourth-order valence-electron chi connectivity index (χ4n) is 3.41. The molecule has 0 aromatic carbocycles. The molecule has 0 aromatic heterocycles. The molecule has 0 bridgehead atoms. The predicted octanol–water partition coefficient (Wildman–Crippen LogP) is 1.52. The number of rotatable bonds is 4. The van der Waals surface area contributed by atoms with Crippen LogP contribution in [0.5, 0.6) is 0 Å². The standard InChI is InChI=1S/C14H25N3O/c1-11(9-14(2,10-15)16-3)17-7-8-18-13-6-4-5-12(13)17/h11-13,16H,4-9H2,1-3H3. The van der Waals surface area contributed by atoms with Gasteiger partial charge in [0.05, 0.1) is 18.8 Å². The highest BCUT2D eigenvalue weighted by Gasteiger charge is 2.39. The highest BCUT2D eigenvalue weighted by Crippen LogP contribution is 2.32. The van der Waals surface area contributed by atoms with Crippen molar-refractivity contribution in [3.05, 3.63) is 0 Å². The van der Waals surface area contributed by atoms with Crippen LogP contribution < -0.4 is 5.32 Å². The second-order valence-electron chi connectivity index (χ2n) is 5.89. The minimum Gasteiger partial charge on any atom is -0.375 e. The van der Waals surface area contributed by atoms with Crippen molar-refractivity contribution in [3.8, 4) is 6.07 Å². The number of hydrogen-bond acceptors (Lipinski definition) is 4. The third kappa shape index (κ3) is 2.69. The maximum absolute atomic E-state index is 9.26. The molecule has 0 amide bonds. The fraction of sp³-hybridized carbons (Fsp3) is 0.929. The van der Waals surface area contributed by atoms with Crippen LogP contribution in [0.25, 0.3) is 0 Å². The van der Waals surface area contributed by atoms with Gasteiger partial charge in [-0.1, -0.05) is 0 Å². The van der Waals surface area contributed by atoms with Gasteiger partial charge in [0.2, 0.25) is 0 Å². The van der Waals surface area contributed by atoms with Crippen molar-refractivity contribution in [3.63, 3.8) is 0 Å². The summed E-state index contributed by atoms with van der Waals surface area (Å²) in [4.78, 5) is 2.56. The third-order valence-corrected chi connectivity index (χ3v) is 4.59. The van der Waals surface area contributed by atoms with Gasteiger partial charge < -0.3 is 10.1 Å². The summed E-state index contributed by atoms with van der Waals surface area (Å²) in [6.07, 6.45) is 5.03. The van der Waals surface area contributed by atoms with E-state index in [-0.39, 0.29) is 0 Å². The van der Waals surface area contributed by atoms with Gasteiger partial charge in [0.25, 0.3) is 0 Å². The zero-order valence-electron chi connectivity index (χ0n) is 11.8. The molecule has 102 valence electrons. The van der Waals surface area contributed by atoms with Crippen LogP contribution in [0.15, 0.2) is 0 Å². The predicted molar refractivity (Wildman–Crippen MR) is 71.2 cm³/mol. The number of fused-ring (bicyclic) bond motifs is 1. The molecule has 0 spiro atoms. The SMILES string of the molecule is CNC(C)(C#N)CC(C)N1CCOC2CCCC21. The Bertz CT molecular complexity index is 327. The van der Waals surface area contributed by atoms with E-state index in [1.807, 2.05) is 14.0 Å². The molecular weight excluding hydrogens is 226 g/mol. The lowest BCUT2D eigenvalue weighted by Gasteiger charge is -2.43. The second-order valence-corrected chi connectivity index (χ2v) is 5.89. The zero-order chi connectivity index (χ0) is 13.2. The highest BCUT2D eigenvalue weighted by molar-refractivity contribution is 5.05. The summed E-state index contributed by atoms with van der Waals surface area (Å²) in [5, 5.41) is 12.4. The maximum Gasteiger partial charge on any atom is 0.105 e. The monoisotopic (exact) mass is 251 g/mol. The molecular formula is C14H25N3O. The van der Waals surface area contributed by atoms with Gasteiger partial charge in [0.1, 0.15) is 5.54 Å². The van der Waals surface area contributed by atoms with Crippen LogP contribution in [0.3, 0.4) is 0 Å². The van der Waals surface area contributed by atoms with Crippen LogP contribution in [0.4, 0.5) is 0 Å². The van der Waals surface area contributed by atoms with E-state index in [1.165, 1.54) is 19.3 Å². The summed E-state index contributed by atoms with van der Waals surface area (Å²) in [7, 11) is 1.87. The molecule has 4 atom stereocenters. The Labute approximate surface area is 110 Å². The largest absolute Gasteiger partial charge is 0.375 e. The van der Waals surface area contributed by atoms with Gasteiger partial charge in [-0.2, -0.15) is 5.26 Å². The molecule has 1 saturated carbocycles. The summed E-state index contributed by atoms with van der Waals surface area (Å²) in [6.45, 7) is 6.07. The van der Waals surface area contributed by atoms with Crippen LogP contribution in [-0.4, -0.2) is 48.8 Å². The minimum atomic E-state index is -0.425. The first-order valence-corrected chi connectivity index (χ1v) is 7.07. The van der Waals surface area contributed by atoms with Crippen molar-refractivity contribution in [2.45, 2.75) is 63.3 Å². The van der Waals surface area contributed by atoms with Gasteiger partial charge in [0, 0.05) is 18.6 Å². The zero-order valence-corrected chi connectivity index (χ0v) is 11.8. The summed E-state index contributed by atoms with van der Waals surface area (Å²) < 4.78 is 5.84. The number of hydrogen-bond donors (Lipinski definition) is 1. The van der Waals surface area contributed by atoms with E-state index in [2.05, 4.69) is 23.2 Å². The molecule has 4 nitrogen and oxygen atoms in total. The van der Waals surface area contributed by atoms with Gasteiger partial charge in [-0.25, -0.2) is 0 Å². The van der Waals surface area contributed by atoms with Crippen molar-refractivity contribution in [2.75, 3.05) is 20.2 Å². The third-order valence-electron chi connectivity index (χ3n) is 4.59. The Kier molecular flexibility index (Phi) is 4.26. The van der Waals surface area contributed by atoms with Crippen molar-refractivity contribution in [1.82, 2.24) is 10.2 Å². The van der Waals surface area contributed by atoms with E-state index in [9.17, 15) is 5.26 Å². The van der Waals surface area contributed by atoms with Gasteiger partial charge in [-0.05, 0) is 46.6 Å². The summed E-state index contributed by atoms with van der Waals surface area (Å²) in [5.74, 6) is 0. The van der Waals surface area contributed by atoms with E-state index in [1.54, 1.807) is 0 Å². The normalized spacial score (nSPS) is 33.4. The highest BCUT2D eigenvalue weighted by atomic mass is 16.5. The molecule has 4 unspecified atom stereocenters. The van der Waals surface area contributed by atoms with Crippen molar-refractivity contribution in [1.29, 1.82) is 5.26 Å². The molecule has 0 aromatic rings. The van der Waals surface area contributed by atoms with Crippen molar-refractivity contribution >= 4 is 0 Å². The molecule has 0 radical (unpaired) electrons. The molecule has 1 N–H and O–H groups in total. The average Bonchev–Trinajstić information content (AvgIpc) is 2.86. The molecule has 18 heavy (non-hydrogen) atoms. The number of morpholine rings is 1. The van der Waals surface area contributed by atoms with Gasteiger partial charge in [-0.3, -0.25) is 4.90 Å². The van der Waals surface area contributed by atoms with Crippen LogP contribution >= 0.6 is 0 Å². The van der Waals surface area contributed by atoms with Crippen LogP contribution in [0.2, 0.25) is 0 Å². The lowest BCUT2D eigenvalue weighted by molar-refractivity contribution is -0.0719. The number of ether oxygens (including phenoxy) is 1. The Morgan fingerprint density at radius 1 is 1.56 bits per heavy atom. The van der Waals surface area contributed by atoms with E-state index in [0.717, 1.165) is 19.6 Å².